The van der Waals surface area contributed by atoms with Crippen molar-refractivity contribution in [2.75, 3.05) is 6.54 Å². The molecule has 0 radical (unpaired) electrons. The lowest BCUT2D eigenvalue weighted by Gasteiger charge is -2.36. The molecule has 1 fully saturated rings. The third kappa shape index (κ3) is 3.96. The Labute approximate surface area is 152 Å². The molecule has 1 aliphatic rings. The van der Waals surface area contributed by atoms with Gasteiger partial charge in [-0.15, -0.1) is 3.89 Å². The minimum Gasteiger partial charge on any atom is -0.328 e. The minimum absolute atomic E-state index is 0.172. The zero-order chi connectivity index (χ0) is 18.9. The van der Waals surface area contributed by atoms with Crippen molar-refractivity contribution in [3.05, 3.63) is 30.1 Å². The van der Waals surface area contributed by atoms with Gasteiger partial charge in [0.15, 0.2) is 12.3 Å². The highest BCUT2D eigenvalue weighted by molar-refractivity contribution is 7.93. The number of hydrogen-bond donors (Lipinski definition) is 1. The lowest BCUT2D eigenvalue weighted by Crippen LogP contribution is -2.49. The largest absolute Gasteiger partial charge is 0.406 e. The summed E-state index contributed by atoms with van der Waals surface area (Å²) in [5.74, 6) is -0.871. The van der Waals surface area contributed by atoms with Crippen LogP contribution in [0.15, 0.2) is 24.4 Å². The number of aromatic nitrogens is 2. The number of alkyl halides is 3. The summed E-state index contributed by atoms with van der Waals surface area (Å²) in [6.45, 7) is -1.39. The van der Waals surface area contributed by atoms with Crippen LogP contribution in [-0.4, -0.2) is 44.6 Å². The molecule has 5 nitrogen and oxygen atoms in total. The van der Waals surface area contributed by atoms with Crippen molar-refractivity contribution >= 4 is 29.3 Å². The first-order valence-electron chi connectivity index (χ1n) is 8.19. The van der Waals surface area contributed by atoms with Gasteiger partial charge in [-0.2, -0.15) is 13.2 Å². The fourth-order valence-corrected chi connectivity index (χ4v) is 3.86. The van der Waals surface area contributed by atoms with Gasteiger partial charge in [-0.1, -0.05) is 0 Å². The third-order valence-electron chi connectivity index (χ3n) is 4.55. The second kappa shape index (κ2) is 7.43. The number of halogens is 4. The van der Waals surface area contributed by atoms with Crippen molar-refractivity contribution in [2.24, 2.45) is 5.73 Å². The molecule has 0 spiro atoms. The highest BCUT2D eigenvalue weighted by atomic mass is 32.2. The smallest absolute Gasteiger partial charge is 0.328 e. The van der Waals surface area contributed by atoms with Gasteiger partial charge >= 0.3 is 6.18 Å². The molecule has 0 saturated heterocycles. The van der Waals surface area contributed by atoms with Crippen molar-refractivity contribution < 1.29 is 21.9 Å². The Morgan fingerprint density at radius 1 is 1.42 bits per heavy atom. The van der Waals surface area contributed by atoms with Crippen LogP contribution in [0.4, 0.5) is 17.1 Å². The van der Waals surface area contributed by atoms with Gasteiger partial charge in [0.1, 0.15) is 12.2 Å². The Kier molecular flexibility index (Phi) is 5.42. The van der Waals surface area contributed by atoms with Crippen LogP contribution in [0.25, 0.3) is 11.0 Å². The first-order chi connectivity index (χ1) is 12.3. The van der Waals surface area contributed by atoms with Gasteiger partial charge in [-0.05, 0) is 43.9 Å². The third-order valence-corrected chi connectivity index (χ3v) is 5.09. The van der Waals surface area contributed by atoms with Gasteiger partial charge in [0.25, 0.3) is 5.91 Å². The van der Waals surface area contributed by atoms with E-state index >= 15 is 0 Å². The van der Waals surface area contributed by atoms with E-state index in [1.807, 2.05) is 0 Å². The van der Waals surface area contributed by atoms with Crippen LogP contribution in [0.3, 0.4) is 0 Å². The van der Waals surface area contributed by atoms with Crippen molar-refractivity contribution in [3.63, 3.8) is 0 Å². The maximum absolute atomic E-state index is 13.5. The minimum atomic E-state index is -4.56. The summed E-state index contributed by atoms with van der Waals surface area (Å²) < 4.78 is 53.7. The Morgan fingerprint density at radius 3 is 2.85 bits per heavy atom. The Bertz CT molecular complexity index is 794. The summed E-state index contributed by atoms with van der Waals surface area (Å²) in [7, 11) is 0. The van der Waals surface area contributed by atoms with Crippen molar-refractivity contribution in [3.8, 4) is 0 Å². The standard InChI is InChI=1S/C16H18F4N4OS/c17-16(18,19)9-23(11-4-1-3-10(21)7-11)15(25)14-8-12-13(24(14)26-20)5-2-6-22-12/h2,5-6,8,10-11H,1,3-4,7,9,21H2. The van der Waals surface area contributed by atoms with E-state index in [2.05, 4.69) is 4.98 Å². The normalized spacial score (nSPS) is 21.1. The second-order valence-electron chi connectivity index (χ2n) is 6.43. The van der Waals surface area contributed by atoms with Gasteiger partial charge in [0.05, 0.1) is 11.0 Å². The molecular weight excluding hydrogens is 372 g/mol. The van der Waals surface area contributed by atoms with E-state index in [1.54, 1.807) is 12.1 Å². The van der Waals surface area contributed by atoms with E-state index in [0.717, 1.165) is 15.3 Å². The molecule has 1 amide bonds. The van der Waals surface area contributed by atoms with E-state index in [-0.39, 0.29) is 24.1 Å². The lowest BCUT2D eigenvalue weighted by atomic mass is 9.90. The van der Waals surface area contributed by atoms with Gasteiger partial charge < -0.3 is 10.6 Å². The number of carbonyl (C=O) groups is 1. The highest BCUT2D eigenvalue weighted by Gasteiger charge is 2.39. The van der Waals surface area contributed by atoms with E-state index < -0.39 is 24.7 Å². The summed E-state index contributed by atoms with van der Waals surface area (Å²) in [4.78, 5) is 17.7. The Morgan fingerprint density at radius 2 is 2.19 bits per heavy atom. The molecule has 1 aliphatic carbocycles. The van der Waals surface area contributed by atoms with Crippen LogP contribution in [0.5, 0.6) is 0 Å². The summed E-state index contributed by atoms with van der Waals surface area (Å²) in [6.07, 6.45) is -0.989. The summed E-state index contributed by atoms with van der Waals surface area (Å²) in [5.41, 5.74) is 6.38. The van der Waals surface area contributed by atoms with E-state index in [9.17, 15) is 21.9 Å². The van der Waals surface area contributed by atoms with Crippen LogP contribution in [0.1, 0.15) is 36.2 Å². The summed E-state index contributed by atoms with van der Waals surface area (Å²) >= 11 is -0.234. The van der Waals surface area contributed by atoms with Crippen LogP contribution in [0, 0.1) is 0 Å². The molecule has 1 saturated carbocycles. The maximum atomic E-state index is 13.5. The first kappa shape index (κ1) is 19.0. The molecule has 2 unspecified atom stereocenters. The van der Waals surface area contributed by atoms with Crippen LogP contribution in [0.2, 0.25) is 0 Å². The molecule has 0 aliphatic heterocycles. The summed E-state index contributed by atoms with van der Waals surface area (Å²) in [5, 5.41) is 0. The fourth-order valence-electron chi connectivity index (χ4n) is 3.42. The molecule has 142 valence electrons. The predicted octanol–water partition coefficient (Wildman–Crippen LogP) is 3.69. The highest BCUT2D eigenvalue weighted by Crippen LogP contribution is 2.30. The van der Waals surface area contributed by atoms with E-state index in [1.165, 1.54) is 12.3 Å². The number of amides is 1. The second-order valence-corrected chi connectivity index (χ2v) is 6.93. The number of nitrogens with zero attached hydrogens (tertiary/aromatic N) is 3. The van der Waals surface area contributed by atoms with Crippen molar-refractivity contribution in [1.82, 2.24) is 13.9 Å². The zero-order valence-electron chi connectivity index (χ0n) is 13.7. The quantitative estimate of drug-likeness (QED) is 0.809. The van der Waals surface area contributed by atoms with Gasteiger partial charge in [-0.25, -0.2) is 3.97 Å². The number of pyridine rings is 1. The SMILES string of the molecule is NC1CCCC(N(CC(F)(F)F)C(=O)c2cc3ncccc3n2SF)C1. The number of fused-ring (bicyclic) bond motifs is 1. The van der Waals surface area contributed by atoms with Crippen molar-refractivity contribution in [1.29, 1.82) is 0 Å². The van der Waals surface area contributed by atoms with Gasteiger partial charge in [0.2, 0.25) is 0 Å². The molecule has 2 heterocycles. The first-order valence-corrected chi connectivity index (χ1v) is 8.86. The molecule has 26 heavy (non-hydrogen) atoms. The average Bonchev–Trinajstić information content (AvgIpc) is 2.97. The molecule has 2 atom stereocenters. The number of hydrogen-bond acceptors (Lipinski definition) is 4. The lowest BCUT2D eigenvalue weighted by molar-refractivity contribution is -0.146. The number of nitrogens with two attached hydrogens (primary N) is 1. The molecule has 2 aromatic rings. The van der Waals surface area contributed by atoms with Crippen LogP contribution in [-0.2, 0) is 0 Å². The van der Waals surface area contributed by atoms with Gasteiger partial charge in [0, 0.05) is 18.3 Å². The molecule has 0 aromatic carbocycles. The molecule has 0 bridgehead atoms. The zero-order valence-corrected chi connectivity index (χ0v) is 14.6. The molecule has 2 N–H and O–H groups in total. The van der Waals surface area contributed by atoms with E-state index in [4.69, 9.17) is 5.73 Å². The predicted molar refractivity (Wildman–Crippen MR) is 91.2 cm³/mol. The molecule has 3 rings (SSSR count). The van der Waals surface area contributed by atoms with Crippen LogP contribution < -0.4 is 5.73 Å². The van der Waals surface area contributed by atoms with Crippen LogP contribution >= 0.6 is 12.3 Å². The van der Waals surface area contributed by atoms with E-state index in [0.29, 0.717) is 30.3 Å². The molecular formula is C16H18F4N4OS. The molecule has 10 heteroatoms. The number of carbonyl (C=O) groups excluding carboxylic acids is 1. The number of rotatable bonds is 4. The molecule has 2 aromatic heterocycles. The fraction of sp³-hybridized carbons (Fsp3) is 0.500. The average molecular weight is 390 g/mol. The topological polar surface area (TPSA) is 64.2 Å². The van der Waals surface area contributed by atoms with Gasteiger partial charge in [-0.3, -0.25) is 9.78 Å². The summed E-state index contributed by atoms with van der Waals surface area (Å²) in [6, 6.07) is 3.56. The maximum Gasteiger partial charge on any atom is 0.406 e. The monoisotopic (exact) mass is 390 g/mol. The Hall–Kier alpha value is -1.81. The van der Waals surface area contributed by atoms with Crippen molar-refractivity contribution in [2.45, 2.75) is 43.9 Å². The Balaban J connectivity index is 1.99.